The first kappa shape index (κ1) is 29.2. The van der Waals surface area contributed by atoms with Crippen LogP contribution < -0.4 is 5.32 Å². The topological polar surface area (TPSA) is 107 Å². The van der Waals surface area contributed by atoms with Crippen LogP contribution in [0.25, 0.3) is 0 Å². The first-order valence-electron chi connectivity index (χ1n) is 13.7. The second kappa shape index (κ2) is 10.4. The highest BCUT2D eigenvalue weighted by Gasteiger charge is 2.50. The highest BCUT2D eigenvalue weighted by Crippen LogP contribution is 2.42. The van der Waals surface area contributed by atoms with Crippen molar-refractivity contribution in [3.63, 3.8) is 0 Å². The SMILES string of the molecule is CC1(C)CC(N2CCN(C3CC(C)(C)N(CCC#N)C(C)(C)C3)C(=O)NC2=O)CC(C)(C)N1CCC#N. The number of urea groups is 2. The van der Waals surface area contributed by atoms with Gasteiger partial charge in [-0.1, -0.05) is 0 Å². The standard InChI is InChI=1S/C28H47N7O2/c1-25(2)17-21(18-26(3,4)34(25)13-9-11-29)32-15-16-33(24(37)31-23(32)36)22-19-27(5,6)35(14-10-12-30)28(7,8)20-22/h21-22H,9-10,13-20H2,1-8H3,(H,31,36,37). The Kier molecular flexibility index (Phi) is 8.23. The highest BCUT2D eigenvalue weighted by atomic mass is 16.2. The van der Waals surface area contributed by atoms with Crippen LogP contribution >= 0.6 is 0 Å². The molecule has 206 valence electrons. The van der Waals surface area contributed by atoms with Crippen molar-refractivity contribution < 1.29 is 9.59 Å². The Bertz CT molecular complexity index is 847. The molecule has 3 saturated heterocycles. The van der Waals surface area contributed by atoms with Crippen molar-refractivity contribution in [3.05, 3.63) is 0 Å². The van der Waals surface area contributed by atoms with Crippen molar-refractivity contribution in [3.8, 4) is 12.1 Å². The largest absolute Gasteiger partial charge is 0.325 e. The van der Waals surface area contributed by atoms with E-state index in [-0.39, 0.29) is 46.3 Å². The normalized spacial score (nSPS) is 26.8. The maximum atomic E-state index is 13.3. The summed E-state index contributed by atoms with van der Waals surface area (Å²) < 4.78 is 0. The fourth-order valence-electron chi connectivity index (χ4n) is 7.86. The maximum Gasteiger partial charge on any atom is 0.325 e. The van der Waals surface area contributed by atoms with Gasteiger partial charge in [0.25, 0.3) is 0 Å². The molecule has 3 fully saturated rings. The van der Waals surface area contributed by atoms with Gasteiger partial charge in [0.1, 0.15) is 0 Å². The van der Waals surface area contributed by atoms with E-state index in [9.17, 15) is 9.59 Å². The molecule has 0 spiro atoms. The Labute approximate surface area is 223 Å². The van der Waals surface area contributed by atoms with Crippen LogP contribution in [0.15, 0.2) is 0 Å². The van der Waals surface area contributed by atoms with E-state index in [0.717, 1.165) is 25.7 Å². The molecule has 0 unspecified atom stereocenters. The van der Waals surface area contributed by atoms with E-state index < -0.39 is 0 Å². The molecule has 0 aliphatic carbocycles. The molecule has 9 nitrogen and oxygen atoms in total. The van der Waals surface area contributed by atoms with Gasteiger partial charge in [0.05, 0.1) is 12.1 Å². The summed E-state index contributed by atoms with van der Waals surface area (Å²) in [6.45, 7) is 19.9. The van der Waals surface area contributed by atoms with E-state index in [0.29, 0.717) is 39.0 Å². The second-order valence-electron chi connectivity index (χ2n) is 13.6. The average Bonchev–Trinajstić information content (AvgIpc) is 2.88. The number of piperidine rings is 2. The minimum absolute atomic E-state index is 0.0109. The van der Waals surface area contributed by atoms with Crippen LogP contribution in [0.3, 0.4) is 0 Å². The molecule has 0 radical (unpaired) electrons. The van der Waals surface area contributed by atoms with Crippen molar-refractivity contribution in [2.75, 3.05) is 26.2 Å². The van der Waals surface area contributed by atoms with Gasteiger partial charge in [-0.25, -0.2) is 9.59 Å². The quantitative estimate of drug-likeness (QED) is 0.567. The van der Waals surface area contributed by atoms with Crippen molar-refractivity contribution in [2.45, 2.75) is 128 Å². The molecule has 3 aliphatic rings. The Hall–Kier alpha value is -2.36. The summed E-state index contributed by atoms with van der Waals surface area (Å²) in [4.78, 5) is 35.2. The number of hydrogen-bond acceptors (Lipinski definition) is 6. The van der Waals surface area contributed by atoms with Gasteiger partial charge in [-0.05, 0) is 81.1 Å². The van der Waals surface area contributed by atoms with Crippen LogP contribution in [0, 0.1) is 22.7 Å². The van der Waals surface area contributed by atoms with Crippen molar-refractivity contribution in [1.29, 1.82) is 10.5 Å². The lowest BCUT2D eigenvalue weighted by molar-refractivity contribution is -0.0614. The third-order valence-electron chi connectivity index (χ3n) is 8.96. The number of rotatable bonds is 6. The van der Waals surface area contributed by atoms with Crippen LogP contribution in [0.5, 0.6) is 0 Å². The van der Waals surface area contributed by atoms with Gasteiger partial charge in [0, 0.05) is 73.3 Å². The van der Waals surface area contributed by atoms with Crippen LogP contribution in [0.1, 0.15) is 93.9 Å². The number of nitrogens with zero attached hydrogens (tertiary/aromatic N) is 6. The molecule has 3 heterocycles. The number of likely N-dealkylation sites (tertiary alicyclic amines) is 2. The minimum atomic E-state index is -0.306. The molecular weight excluding hydrogens is 466 g/mol. The summed E-state index contributed by atoms with van der Waals surface area (Å²) in [7, 11) is 0. The molecule has 37 heavy (non-hydrogen) atoms. The molecule has 0 aromatic rings. The lowest BCUT2D eigenvalue weighted by Crippen LogP contribution is -2.65. The summed E-state index contributed by atoms with van der Waals surface area (Å²) in [5.74, 6) is 0. The molecule has 0 atom stereocenters. The van der Waals surface area contributed by atoms with Gasteiger partial charge >= 0.3 is 12.1 Å². The summed E-state index contributed by atoms with van der Waals surface area (Å²) in [5, 5.41) is 21.0. The second-order valence-corrected chi connectivity index (χ2v) is 13.6. The van der Waals surface area contributed by atoms with Crippen molar-refractivity contribution in [1.82, 2.24) is 24.9 Å². The maximum absolute atomic E-state index is 13.3. The lowest BCUT2D eigenvalue weighted by Gasteiger charge is -2.57. The summed E-state index contributed by atoms with van der Waals surface area (Å²) in [6, 6.07) is 3.95. The Balaban J connectivity index is 1.77. The van der Waals surface area contributed by atoms with Crippen molar-refractivity contribution in [2.24, 2.45) is 0 Å². The number of carbonyl (C=O) groups is 2. The van der Waals surface area contributed by atoms with Gasteiger partial charge in [-0.2, -0.15) is 10.5 Å². The third-order valence-corrected chi connectivity index (χ3v) is 8.96. The van der Waals surface area contributed by atoms with Crippen LogP contribution in [-0.4, -0.2) is 92.1 Å². The summed E-state index contributed by atoms with van der Waals surface area (Å²) in [5.41, 5.74) is -0.707. The zero-order valence-corrected chi connectivity index (χ0v) is 24.2. The Morgan fingerprint density at radius 2 is 0.973 bits per heavy atom. The lowest BCUT2D eigenvalue weighted by atomic mass is 9.76. The zero-order chi connectivity index (χ0) is 27.8. The molecule has 3 rings (SSSR count). The predicted octanol–water partition coefficient (Wildman–Crippen LogP) is 4.30. The fraction of sp³-hybridized carbons (Fsp3) is 0.857. The molecule has 1 N–H and O–H groups in total. The third kappa shape index (κ3) is 6.04. The first-order chi connectivity index (χ1) is 17.1. The molecular formula is C28H47N7O2. The van der Waals surface area contributed by atoms with Crippen LogP contribution in [-0.2, 0) is 0 Å². The fourth-order valence-corrected chi connectivity index (χ4v) is 7.86. The Morgan fingerprint density at radius 3 is 1.24 bits per heavy atom. The van der Waals surface area contributed by atoms with E-state index in [4.69, 9.17) is 10.5 Å². The zero-order valence-electron chi connectivity index (χ0n) is 24.2. The number of amides is 4. The molecule has 0 bridgehead atoms. The molecule has 0 aromatic carbocycles. The number of imide groups is 1. The van der Waals surface area contributed by atoms with E-state index in [2.05, 4.69) is 82.6 Å². The average molecular weight is 514 g/mol. The number of nitrogens with one attached hydrogen (secondary N) is 1. The molecule has 3 aliphatic heterocycles. The van der Waals surface area contributed by atoms with Crippen LogP contribution in [0.2, 0.25) is 0 Å². The first-order valence-corrected chi connectivity index (χ1v) is 13.7. The van der Waals surface area contributed by atoms with E-state index in [1.54, 1.807) is 0 Å². The number of nitriles is 2. The summed E-state index contributed by atoms with van der Waals surface area (Å²) >= 11 is 0. The van der Waals surface area contributed by atoms with E-state index >= 15 is 0 Å². The minimum Gasteiger partial charge on any atom is -0.320 e. The molecule has 4 amide bonds. The van der Waals surface area contributed by atoms with Gasteiger partial charge in [-0.15, -0.1) is 0 Å². The van der Waals surface area contributed by atoms with E-state index in [1.165, 1.54) is 0 Å². The molecule has 0 aromatic heterocycles. The van der Waals surface area contributed by atoms with Gasteiger partial charge in [0.2, 0.25) is 0 Å². The van der Waals surface area contributed by atoms with Crippen molar-refractivity contribution >= 4 is 12.1 Å². The Morgan fingerprint density at radius 1 is 0.676 bits per heavy atom. The van der Waals surface area contributed by atoms with Gasteiger partial charge < -0.3 is 9.80 Å². The monoisotopic (exact) mass is 513 g/mol. The highest BCUT2D eigenvalue weighted by molar-refractivity contribution is 5.94. The molecule has 0 saturated carbocycles. The number of hydrogen-bond donors (Lipinski definition) is 1. The van der Waals surface area contributed by atoms with Gasteiger partial charge in [0.15, 0.2) is 0 Å². The predicted molar refractivity (Wildman–Crippen MR) is 144 cm³/mol. The number of carbonyl (C=O) groups excluding carboxylic acids is 2. The summed E-state index contributed by atoms with van der Waals surface area (Å²) in [6.07, 6.45) is 4.13. The van der Waals surface area contributed by atoms with Gasteiger partial charge in [-0.3, -0.25) is 15.1 Å². The van der Waals surface area contributed by atoms with E-state index in [1.807, 2.05) is 9.80 Å². The smallest absolute Gasteiger partial charge is 0.320 e. The van der Waals surface area contributed by atoms with Crippen LogP contribution in [0.4, 0.5) is 9.59 Å². The molecule has 9 heteroatoms.